The molecular weight excluding hydrogens is 216 g/mol. The number of aryl methyl sites for hydroxylation is 1. The van der Waals surface area contributed by atoms with E-state index in [1.165, 1.54) is 0 Å². The summed E-state index contributed by atoms with van der Waals surface area (Å²) in [6, 6.07) is 2.24. The van der Waals surface area contributed by atoms with E-state index >= 15 is 0 Å². The van der Waals surface area contributed by atoms with Gasteiger partial charge in [0.25, 0.3) is 0 Å². The Labute approximate surface area is 101 Å². The van der Waals surface area contributed by atoms with Crippen LogP contribution >= 0.6 is 0 Å². The molecule has 1 aliphatic rings. The molecule has 0 saturated carbocycles. The third-order valence-electron chi connectivity index (χ3n) is 3.07. The largest absolute Gasteiger partial charge is 0.380 e. The highest BCUT2D eigenvalue weighted by Crippen LogP contribution is 2.21. The van der Waals surface area contributed by atoms with Gasteiger partial charge >= 0.3 is 0 Å². The molecule has 5 nitrogen and oxygen atoms in total. The van der Waals surface area contributed by atoms with Gasteiger partial charge in [0, 0.05) is 19.7 Å². The first-order valence-electron chi connectivity index (χ1n) is 5.80. The van der Waals surface area contributed by atoms with Crippen LogP contribution in [0.2, 0.25) is 0 Å². The first-order valence-corrected chi connectivity index (χ1v) is 5.80. The Kier molecular flexibility index (Phi) is 3.55. The van der Waals surface area contributed by atoms with Crippen molar-refractivity contribution < 1.29 is 4.74 Å². The highest BCUT2D eigenvalue weighted by molar-refractivity contribution is 5.57. The van der Waals surface area contributed by atoms with E-state index in [2.05, 4.69) is 21.2 Å². The lowest BCUT2D eigenvalue weighted by molar-refractivity contribution is 0.152. The van der Waals surface area contributed by atoms with Crippen LogP contribution in [-0.2, 0) is 4.74 Å². The Morgan fingerprint density at radius 3 is 2.82 bits per heavy atom. The summed E-state index contributed by atoms with van der Waals surface area (Å²) in [5, 5.41) is 17.5. The predicted molar refractivity (Wildman–Crippen MR) is 63.9 cm³/mol. The van der Waals surface area contributed by atoms with Crippen LogP contribution < -0.4 is 4.90 Å². The topological polar surface area (TPSA) is 62.0 Å². The third-order valence-corrected chi connectivity index (χ3v) is 3.07. The fourth-order valence-electron chi connectivity index (χ4n) is 1.91. The molecule has 1 aliphatic heterocycles. The van der Waals surface area contributed by atoms with E-state index < -0.39 is 0 Å². The van der Waals surface area contributed by atoms with Crippen molar-refractivity contribution >= 4 is 5.82 Å². The fraction of sp³-hybridized carbons (Fsp3) is 0.583. The van der Waals surface area contributed by atoms with Gasteiger partial charge in [0.2, 0.25) is 0 Å². The second-order valence-electron chi connectivity index (χ2n) is 4.17. The Balaban J connectivity index is 2.37. The highest BCUT2D eigenvalue weighted by Gasteiger charge is 2.18. The lowest BCUT2D eigenvalue weighted by atomic mass is 10.1. The van der Waals surface area contributed by atoms with Gasteiger partial charge < -0.3 is 9.64 Å². The van der Waals surface area contributed by atoms with Gasteiger partial charge in [-0.1, -0.05) is 0 Å². The molecule has 1 aromatic rings. The maximum absolute atomic E-state index is 9.25. The molecule has 1 saturated heterocycles. The van der Waals surface area contributed by atoms with Crippen molar-refractivity contribution in [1.82, 2.24) is 10.2 Å². The quantitative estimate of drug-likeness (QED) is 0.728. The van der Waals surface area contributed by atoms with E-state index in [-0.39, 0.29) is 0 Å². The number of hydrogen-bond donors (Lipinski definition) is 0. The smallest absolute Gasteiger partial charge is 0.169 e. The van der Waals surface area contributed by atoms with E-state index in [1.807, 2.05) is 13.8 Å². The van der Waals surface area contributed by atoms with Gasteiger partial charge in [-0.15, -0.1) is 5.10 Å². The summed E-state index contributed by atoms with van der Waals surface area (Å²) >= 11 is 0. The molecule has 0 radical (unpaired) electrons. The Hall–Kier alpha value is -1.67. The van der Waals surface area contributed by atoms with Crippen molar-refractivity contribution in [3.63, 3.8) is 0 Å². The molecule has 0 aliphatic carbocycles. The summed E-state index contributed by atoms with van der Waals surface area (Å²) in [7, 11) is 0. The number of aromatic nitrogens is 2. The van der Waals surface area contributed by atoms with E-state index in [9.17, 15) is 5.26 Å². The van der Waals surface area contributed by atoms with Crippen LogP contribution in [0, 0.1) is 25.2 Å². The minimum Gasteiger partial charge on any atom is -0.380 e. The number of nitriles is 1. The molecule has 5 heteroatoms. The molecular formula is C12H16N4O. The fourth-order valence-corrected chi connectivity index (χ4v) is 1.91. The van der Waals surface area contributed by atoms with Crippen molar-refractivity contribution in [2.45, 2.75) is 20.3 Å². The van der Waals surface area contributed by atoms with E-state index in [0.717, 1.165) is 37.4 Å². The molecule has 17 heavy (non-hydrogen) atoms. The lowest BCUT2D eigenvalue weighted by Crippen LogP contribution is -2.28. The van der Waals surface area contributed by atoms with Crippen molar-refractivity contribution in [2.24, 2.45) is 0 Å². The predicted octanol–water partition coefficient (Wildman–Crippen LogP) is 1.19. The average Bonchev–Trinajstić information content (AvgIpc) is 2.61. The standard InChI is InChI=1S/C12H16N4O/c1-9-10(2)14-15-12(11(9)8-13)16-4-3-6-17-7-5-16/h3-7H2,1-2H3. The molecule has 90 valence electrons. The summed E-state index contributed by atoms with van der Waals surface area (Å²) < 4.78 is 5.40. The van der Waals surface area contributed by atoms with Gasteiger partial charge in [-0.25, -0.2) is 0 Å². The molecule has 1 aromatic heterocycles. The maximum atomic E-state index is 9.25. The normalized spacial score (nSPS) is 16.4. The molecule has 0 aromatic carbocycles. The zero-order valence-electron chi connectivity index (χ0n) is 10.2. The van der Waals surface area contributed by atoms with Crippen LogP contribution in [0.4, 0.5) is 5.82 Å². The lowest BCUT2D eigenvalue weighted by Gasteiger charge is -2.21. The molecule has 2 heterocycles. The van der Waals surface area contributed by atoms with Crippen molar-refractivity contribution in [1.29, 1.82) is 5.26 Å². The highest BCUT2D eigenvalue weighted by atomic mass is 16.5. The summed E-state index contributed by atoms with van der Waals surface area (Å²) in [4.78, 5) is 2.09. The van der Waals surface area contributed by atoms with Gasteiger partial charge in [-0.3, -0.25) is 0 Å². The number of anilines is 1. The average molecular weight is 232 g/mol. The summed E-state index contributed by atoms with van der Waals surface area (Å²) in [6.45, 7) is 6.88. The first-order chi connectivity index (χ1) is 8.24. The van der Waals surface area contributed by atoms with Crippen LogP contribution in [0.3, 0.4) is 0 Å². The minimum atomic E-state index is 0.638. The zero-order valence-corrected chi connectivity index (χ0v) is 10.2. The van der Waals surface area contributed by atoms with Crippen molar-refractivity contribution in [3.8, 4) is 6.07 Å². The molecule has 2 rings (SSSR count). The van der Waals surface area contributed by atoms with Gasteiger partial charge in [0.1, 0.15) is 11.6 Å². The van der Waals surface area contributed by atoms with Crippen molar-refractivity contribution in [3.05, 3.63) is 16.8 Å². The van der Waals surface area contributed by atoms with Gasteiger partial charge in [0.15, 0.2) is 5.82 Å². The van der Waals surface area contributed by atoms with Crippen LogP contribution in [0.25, 0.3) is 0 Å². The zero-order chi connectivity index (χ0) is 12.3. The van der Waals surface area contributed by atoms with E-state index in [1.54, 1.807) is 0 Å². The van der Waals surface area contributed by atoms with Crippen LogP contribution in [0.1, 0.15) is 23.2 Å². The third kappa shape index (κ3) is 2.37. The number of ether oxygens (including phenoxy) is 1. The molecule has 0 atom stereocenters. The Morgan fingerprint density at radius 1 is 1.24 bits per heavy atom. The SMILES string of the molecule is Cc1nnc(N2CCCOCC2)c(C#N)c1C. The Bertz CT molecular complexity index is 445. The Morgan fingerprint density at radius 2 is 2.06 bits per heavy atom. The molecule has 0 bridgehead atoms. The van der Waals surface area contributed by atoms with Crippen molar-refractivity contribution in [2.75, 3.05) is 31.2 Å². The monoisotopic (exact) mass is 232 g/mol. The summed E-state index contributed by atoms with van der Waals surface area (Å²) in [5.41, 5.74) is 2.37. The molecule has 0 N–H and O–H groups in total. The van der Waals surface area contributed by atoms with Gasteiger partial charge in [0.05, 0.1) is 12.3 Å². The van der Waals surface area contributed by atoms with Crippen LogP contribution in [0.5, 0.6) is 0 Å². The summed E-state index contributed by atoms with van der Waals surface area (Å²) in [6.07, 6.45) is 0.958. The second-order valence-corrected chi connectivity index (χ2v) is 4.17. The first kappa shape index (κ1) is 11.8. The van der Waals surface area contributed by atoms with Gasteiger partial charge in [-0.05, 0) is 25.8 Å². The van der Waals surface area contributed by atoms with Gasteiger partial charge in [-0.2, -0.15) is 10.4 Å². The maximum Gasteiger partial charge on any atom is 0.169 e. The molecule has 0 unspecified atom stereocenters. The van der Waals surface area contributed by atoms with Crippen LogP contribution in [0.15, 0.2) is 0 Å². The summed E-state index contributed by atoms with van der Waals surface area (Å²) in [5.74, 6) is 0.695. The minimum absolute atomic E-state index is 0.638. The number of rotatable bonds is 1. The number of nitrogens with zero attached hydrogens (tertiary/aromatic N) is 4. The second kappa shape index (κ2) is 5.11. The number of hydrogen-bond acceptors (Lipinski definition) is 5. The molecule has 1 fully saturated rings. The van der Waals surface area contributed by atoms with E-state index in [0.29, 0.717) is 18.0 Å². The van der Waals surface area contributed by atoms with E-state index in [4.69, 9.17) is 4.74 Å². The molecule has 0 spiro atoms. The van der Waals surface area contributed by atoms with Crippen LogP contribution in [-0.4, -0.2) is 36.5 Å². The molecule has 0 amide bonds.